The Morgan fingerprint density at radius 2 is 2.30 bits per heavy atom. The molecule has 1 saturated carbocycles. The Bertz CT molecular complexity index is 519. The molecule has 2 fully saturated rings. The topological polar surface area (TPSA) is 54.5 Å². The van der Waals surface area contributed by atoms with E-state index in [1.165, 1.54) is 0 Å². The summed E-state index contributed by atoms with van der Waals surface area (Å²) in [6.45, 7) is 3.70. The number of hydrogen-bond donors (Lipinski definition) is 1. The van der Waals surface area contributed by atoms with Gasteiger partial charge in [-0.1, -0.05) is 0 Å². The highest BCUT2D eigenvalue weighted by atomic mass is 79.9. The summed E-state index contributed by atoms with van der Waals surface area (Å²) < 4.78 is 6.45. The summed E-state index contributed by atoms with van der Waals surface area (Å²) in [5.74, 6) is 0.888. The van der Waals surface area contributed by atoms with Crippen molar-refractivity contribution < 1.29 is 9.53 Å². The van der Waals surface area contributed by atoms with Gasteiger partial charge in [-0.25, -0.2) is 4.98 Å². The molecule has 0 radical (unpaired) electrons. The molecule has 1 aromatic rings. The maximum atomic E-state index is 12.3. The van der Waals surface area contributed by atoms with Gasteiger partial charge in [0, 0.05) is 17.1 Å². The van der Waals surface area contributed by atoms with Crippen molar-refractivity contribution in [2.45, 2.75) is 31.8 Å². The molecule has 1 atom stereocenters. The second-order valence-electron chi connectivity index (χ2n) is 5.30. The SMILES string of the molecule is Cc1nc(N2CCOCC2C(=O)NC2CC2)ccc1Br. The van der Waals surface area contributed by atoms with Crippen LogP contribution in [0.15, 0.2) is 16.6 Å². The zero-order chi connectivity index (χ0) is 14.1. The van der Waals surface area contributed by atoms with E-state index >= 15 is 0 Å². The fourth-order valence-corrected chi connectivity index (χ4v) is 2.53. The molecular weight excluding hydrogens is 322 g/mol. The quantitative estimate of drug-likeness (QED) is 0.909. The summed E-state index contributed by atoms with van der Waals surface area (Å²) in [7, 11) is 0. The number of aromatic nitrogens is 1. The van der Waals surface area contributed by atoms with E-state index in [-0.39, 0.29) is 11.9 Å². The van der Waals surface area contributed by atoms with Crippen LogP contribution in [-0.2, 0) is 9.53 Å². The fourth-order valence-electron chi connectivity index (χ4n) is 2.31. The van der Waals surface area contributed by atoms with Gasteiger partial charge < -0.3 is 15.0 Å². The van der Waals surface area contributed by atoms with Crippen LogP contribution in [0.2, 0.25) is 0 Å². The summed E-state index contributed by atoms with van der Waals surface area (Å²) in [5, 5.41) is 3.05. The van der Waals surface area contributed by atoms with Crippen molar-refractivity contribution in [2.75, 3.05) is 24.7 Å². The van der Waals surface area contributed by atoms with E-state index in [9.17, 15) is 4.79 Å². The highest BCUT2D eigenvalue weighted by Crippen LogP contribution is 2.24. The molecule has 3 rings (SSSR count). The molecule has 2 aliphatic rings. The van der Waals surface area contributed by atoms with Crippen molar-refractivity contribution in [2.24, 2.45) is 0 Å². The number of hydrogen-bond acceptors (Lipinski definition) is 4. The minimum Gasteiger partial charge on any atom is -0.377 e. The van der Waals surface area contributed by atoms with Gasteiger partial charge in [-0.2, -0.15) is 0 Å². The average molecular weight is 340 g/mol. The highest BCUT2D eigenvalue weighted by molar-refractivity contribution is 9.10. The number of rotatable bonds is 3. The molecule has 5 nitrogen and oxygen atoms in total. The molecule has 1 aliphatic carbocycles. The lowest BCUT2D eigenvalue weighted by atomic mass is 10.2. The monoisotopic (exact) mass is 339 g/mol. The number of pyridine rings is 1. The van der Waals surface area contributed by atoms with E-state index in [1.807, 2.05) is 24.0 Å². The first-order valence-electron chi connectivity index (χ1n) is 6.93. The zero-order valence-corrected chi connectivity index (χ0v) is 13.0. The van der Waals surface area contributed by atoms with E-state index in [2.05, 4.69) is 26.2 Å². The molecule has 1 N–H and O–H groups in total. The Kier molecular flexibility index (Phi) is 3.94. The minimum atomic E-state index is -0.280. The first-order valence-corrected chi connectivity index (χ1v) is 7.72. The van der Waals surface area contributed by atoms with Crippen LogP contribution in [-0.4, -0.2) is 42.7 Å². The van der Waals surface area contributed by atoms with Gasteiger partial charge in [0.15, 0.2) is 0 Å². The predicted octanol–water partition coefficient (Wildman–Crippen LogP) is 1.64. The van der Waals surface area contributed by atoms with Gasteiger partial charge in [-0.15, -0.1) is 0 Å². The van der Waals surface area contributed by atoms with Gasteiger partial charge in [0.1, 0.15) is 11.9 Å². The van der Waals surface area contributed by atoms with Gasteiger partial charge in [-0.3, -0.25) is 4.79 Å². The summed E-state index contributed by atoms with van der Waals surface area (Å²) >= 11 is 3.45. The van der Waals surface area contributed by atoms with E-state index in [0.717, 1.165) is 28.8 Å². The Labute approximate surface area is 126 Å². The van der Waals surface area contributed by atoms with Crippen LogP contribution in [0.1, 0.15) is 18.5 Å². The fraction of sp³-hybridized carbons (Fsp3) is 0.571. The third kappa shape index (κ3) is 2.96. The van der Waals surface area contributed by atoms with Crippen LogP contribution >= 0.6 is 15.9 Å². The number of halogens is 1. The third-order valence-corrected chi connectivity index (χ3v) is 4.49. The molecule has 1 saturated heterocycles. The Hall–Kier alpha value is -1.14. The molecule has 1 amide bonds. The van der Waals surface area contributed by atoms with Crippen molar-refractivity contribution >= 4 is 27.7 Å². The smallest absolute Gasteiger partial charge is 0.245 e. The third-order valence-electron chi connectivity index (χ3n) is 3.66. The molecule has 108 valence electrons. The standard InChI is InChI=1S/C14H18BrN3O2/c1-9-11(15)4-5-13(16-9)18-6-7-20-8-12(18)14(19)17-10-2-3-10/h4-5,10,12H,2-3,6-8H2,1H3,(H,17,19). The predicted molar refractivity (Wildman–Crippen MR) is 79.8 cm³/mol. The van der Waals surface area contributed by atoms with Crippen LogP contribution in [0.5, 0.6) is 0 Å². The largest absolute Gasteiger partial charge is 0.377 e. The number of morpholine rings is 1. The van der Waals surface area contributed by atoms with Crippen molar-refractivity contribution in [3.63, 3.8) is 0 Å². The van der Waals surface area contributed by atoms with E-state index in [4.69, 9.17) is 4.74 Å². The van der Waals surface area contributed by atoms with Crippen LogP contribution in [0.25, 0.3) is 0 Å². The summed E-state index contributed by atoms with van der Waals surface area (Å²) in [6.07, 6.45) is 2.18. The number of carbonyl (C=O) groups excluding carboxylic acids is 1. The number of aryl methyl sites for hydroxylation is 1. The summed E-state index contributed by atoms with van der Waals surface area (Å²) in [4.78, 5) is 18.9. The minimum absolute atomic E-state index is 0.0505. The normalized spacial score (nSPS) is 22.7. The highest BCUT2D eigenvalue weighted by Gasteiger charge is 2.33. The molecule has 0 aromatic carbocycles. The maximum Gasteiger partial charge on any atom is 0.245 e. The summed E-state index contributed by atoms with van der Waals surface area (Å²) in [6, 6.07) is 4.01. The number of anilines is 1. The Balaban J connectivity index is 1.79. The van der Waals surface area contributed by atoms with Gasteiger partial charge in [0.25, 0.3) is 0 Å². The van der Waals surface area contributed by atoms with E-state index in [1.54, 1.807) is 0 Å². The van der Waals surface area contributed by atoms with Gasteiger partial charge >= 0.3 is 0 Å². The molecule has 2 heterocycles. The van der Waals surface area contributed by atoms with Crippen molar-refractivity contribution in [1.29, 1.82) is 0 Å². The zero-order valence-electron chi connectivity index (χ0n) is 11.4. The number of ether oxygens (including phenoxy) is 1. The van der Waals surface area contributed by atoms with Crippen LogP contribution in [0, 0.1) is 6.92 Å². The Morgan fingerprint density at radius 3 is 3.00 bits per heavy atom. The van der Waals surface area contributed by atoms with Gasteiger partial charge in [0.2, 0.25) is 5.91 Å². The number of nitrogens with one attached hydrogen (secondary N) is 1. The lowest BCUT2D eigenvalue weighted by Gasteiger charge is -2.35. The lowest BCUT2D eigenvalue weighted by Crippen LogP contribution is -2.54. The van der Waals surface area contributed by atoms with Gasteiger partial charge in [-0.05, 0) is 47.8 Å². The van der Waals surface area contributed by atoms with Crippen LogP contribution in [0.3, 0.4) is 0 Å². The van der Waals surface area contributed by atoms with Crippen LogP contribution in [0.4, 0.5) is 5.82 Å². The molecule has 20 heavy (non-hydrogen) atoms. The Morgan fingerprint density at radius 1 is 1.50 bits per heavy atom. The molecule has 1 unspecified atom stereocenters. The summed E-state index contributed by atoms with van der Waals surface area (Å²) in [5.41, 5.74) is 0.926. The molecule has 6 heteroatoms. The number of amides is 1. The van der Waals surface area contributed by atoms with Crippen molar-refractivity contribution in [1.82, 2.24) is 10.3 Å². The number of carbonyl (C=O) groups is 1. The molecular formula is C14H18BrN3O2. The van der Waals surface area contributed by atoms with E-state index in [0.29, 0.717) is 25.8 Å². The molecule has 0 bridgehead atoms. The van der Waals surface area contributed by atoms with Crippen molar-refractivity contribution in [3.8, 4) is 0 Å². The van der Waals surface area contributed by atoms with Crippen LogP contribution < -0.4 is 10.2 Å². The molecule has 1 aliphatic heterocycles. The van der Waals surface area contributed by atoms with Gasteiger partial charge in [0.05, 0.1) is 18.9 Å². The van der Waals surface area contributed by atoms with Crippen molar-refractivity contribution in [3.05, 3.63) is 22.3 Å². The molecule has 0 spiro atoms. The lowest BCUT2D eigenvalue weighted by molar-refractivity contribution is -0.124. The second kappa shape index (κ2) is 5.69. The van der Waals surface area contributed by atoms with E-state index < -0.39 is 0 Å². The second-order valence-corrected chi connectivity index (χ2v) is 6.16. The first kappa shape index (κ1) is 13.8. The number of nitrogens with zero attached hydrogens (tertiary/aromatic N) is 2. The maximum absolute atomic E-state index is 12.3. The average Bonchev–Trinajstić information content (AvgIpc) is 3.26. The first-order chi connectivity index (χ1) is 9.65. The molecule has 1 aromatic heterocycles.